The molecule has 0 aliphatic carbocycles. The molecule has 0 radical (unpaired) electrons. The maximum Gasteiger partial charge on any atom is 0.173 e. The molecule has 1 fully saturated rings. The number of para-hydroxylation sites is 2. The molecule has 1 saturated heterocycles. The third-order valence-corrected chi connectivity index (χ3v) is 6.46. The first-order chi connectivity index (χ1) is 15.2. The van der Waals surface area contributed by atoms with E-state index in [2.05, 4.69) is 63.7 Å². The van der Waals surface area contributed by atoms with E-state index < -0.39 is 0 Å². The molecule has 5 aromatic rings. The lowest BCUT2D eigenvalue weighted by Gasteiger charge is -2.21. The molecule has 3 heterocycles. The summed E-state index contributed by atoms with van der Waals surface area (Å²) in [5, 5.41) is 5.25. The zero-order valence-corrected chi connectivity index (χ0v) is 17.7. The first-order valence-electron chi connectivity index (χ1n) is 10.5. The normalized spacial score (nSPS) is 16.4. The summed E-state index contributed by atoms with van der Waals surface area (Å²) >= 11 is 5.74. The second-order valence-corrected chi connectivity index (χ2v) is 8.45. The maximum atomic E-state index is 5.74. The van der Waals surface area contributed by atoms with Crippen molar-refractivity contribution in [2.75, 3.05) is 18.4 Å². The number of nitrogens with zero attached hydrogens (tertiary/aromatic N) is 3. The van der Waals surface area contributed by atoms with E-state index in [9.17, 15) is 0 Å². The fourth-order valence-electron chi connectivity index (χ4n) is 4.47. The molecule has 2 N–H and O–H groups in total. The second-order valence-electron chi connectivity index (χ2n) is 8.07. The second kappa shape index (κ2) is 7.32. The molecular formula is C25H21N5S. The summed E-state index contributed by atoms with van der Waals surface area (Å²) in [5.41, 5.74) is 6.85. The number of hydrogen-bond acceptors (Lipinski definition) is 3. The number of thiocarbonyl (C=S) groups is 1. The van der Waals surface area contributed by atoms with Gasteiger partial charge in [0.1, 0.15) is 5.52 Å². The predicted octanol–water partition coefficient (Wildman–Crippen LogP) is 5.45. The number of anilines is 1. The summed E-state index contributed by atoms with van der Waals surface area (Å²) in [5.74, 6) is 0.528. The monoisotopic (exact) mass is 423 g/mol. The molecule has 3 aromatic carbocycles. The van der Waals surface area contributed by atoms with Crippen LogP contribution in [0.1, 0.15) is 17.9 Å². The zero-order chi connectivity index (χ0) is 20.8. The Kier molecular flexibility index (Phi) is 4.32. The van der Waals surface area contributed by atoms with E-state index in [1.54, 1.807) is 0 Å². The van der Waals surface area contributed by atoms with Gasteiger partial charge in [-0.1, -0.05) is 42.5 Å². The van der Waals surface area contributed by atoms with Crippen LogP contribution < -0.4 is 5.32 Å². The van der Waals surface area contributed by atoms with E-state index in [4.69, 9.17) is 22.2 Å². The molecule has 0 spiro atoms. The third kappa shape index (κ3) is 3.29. The molecule has 1 aliphatic rings. The highest BCUT2D eigenvalue weighted by Gasteiger charge is 2.25. The first kappa shape index (κ1) is 18.3. The highest BCUT2D eigenvalue weighted by atomic mass is 32.1. The zero-order valence-electron chi connectivity index (χ0n) is 16.9. The number of rotatable bonds is 2. The molecule has 152 valence electrons. The van der Waals surface area contributed by atoms with Crippen molar-refractivity contribution in [2.45, 2.75) is 12.3 Å². The van der Waals surface area contributed by atoms with Crippen molar-refractivity contribution >= 4 is 56.1 Å². The van der Waals surface area contributed by atoms with Gasteiger partial charge in [-0.05, 0) is 54.5 Å². The van der Waals surface area contributed by atoms with Crippen LogP contribution in [-0.2, 0) is 0 Å². The van der Waals surface area contributed by atoms with Gasteiger partial charge in [-0.15, -0.1) is 0 Å². The van der Waals surface area contributed by atoms with Crippen LogP contribution >= 0.6 is 12.2 Å². The lowest BCUT2D eigenvalue weighted by atomic mass is 9.99. The van der Waals surface area contributed by atoms with Gasteiger partial charge in [0.05, 0.1) is 11.0 Å². The van der Waals surface area contributed by atoms with E-state index in [1.807, 2.05) is 24.3 Å². The van der Waals surface area contributed by atoms with E-state index in [0.717, 1.165) is 63.4 Å². The molecule has 6 heteroatoms. The Hall–Kier alpha value is -3.51. The van der Waals surface area contributed by atoms with Gasteiger partial charge in [0.25, 0.3) is 0 Å². The van der Waals surface area contributed by atoms with Crippen LogP contribution in [0, 0.1) is 0 Å². The molecule has 5 nitrogen and oxygen atoms in total. The highest BCUT2D eigenvalue weighted by Crippen LogP contribution is 2.29. The number of likely N-dealkylation sites (tertiary alicyclic amines) is 1. The van der Waals surface area contributed by atoms with Crippen molar-refractivity contribution in [1.82, 2.24) is 19.9 Å². The highest BCUT2D eigenvalue weighted by molar-refractivity contribution is 7.80. The van der Waals surface area contributed by atoms with Crippen molar-refractivity contribution < 1.29 is 0 Å². The van der Waals surface area contributed by atoms with Gasteiger partial charge < -0.3 is 15.2 Å². The third-order valence-electron chi connectivity index (χ3n) is 6.10. The Balaban J connectivity index is 1.27. The first-order valence-corrected chi connectivity index (χ1v) is 10.9. The Morgan fingerprint density at radius 3 is 2.58 bits per heavy atom. The fraction of sp³-hybridized carbons (Fsp3) is 0.160. The Bertz CT molecular complexity index is 1430. The van der Waals surface area contributed by atoms with Crippen LogP contribution in [0.15, 0.2) is 72.8 Å². The van der Waals surface area contributed by atoms with Crippen molar-refractivity contribution in [3.63, 3.8) is 0 Å². The molecule has 0 saturated carbocycles. The van der Waals surface area contributed by atoms with Crippen LogP contribution in [0.4, 0.5) is 5.69 Å². The minimum absolute atomic E-state index is 0.528. The van der Waals surface area contributed by atoms with Crippen molar-refractivity contribution in [3.8, 4) is 0 Å². The summed E-state index contributed by atoms with van der Waals surface area (Å²) in [6.45, 7) is 1.92. The minimum Gasteiger partial charge on any atom is -0.348 e. The average Bonchev–Trinajstić information content (AvgIpc) is 3.43. The fourth-order valence-corrected chi connectivity index (χ4v) is 4.76. The lowest BCUT2D eigenvalue weighted by Crippen LogP contribution is -2.32. The number of aromatic nitrogens is 3. The number of nitrogens with one attached hydrogen (secondary N) is 2. The Labute approximate surface area is 185 Å². The van der Waals surface area contributed by atoms with Crippen LogP contribution in [-0.4, -0.2) is 38.1 Å². The standard InChI is InChI=1S/C25H21N5S/c31-25(30-13-12-17(15-30)16-6-2-1-3-7-16)26-18-10-11-20-19(14-18)23-24(28-20)29-22-9-5-4-8-21(22)27-23/h1-11,14,17H,12-13,15H2,(H,26,31)(H,28,29)/t17-/m0/s1. The molecule has 0 bridgehead atoms. The molecule has 2 aromatic heterocycles. The number of H-pyrrole nitrogens is 1. The maximum absolute atomic E-state index is 5.74. The molecule has 0 unspecified atom stereocenters. The average molecular weight is 424 g/mol. The van der Waals surface area contributed by atoms with Crippen molar-refractivity contribution in [3.05, 3.63) is 78.4 Å². The molecule has 1 aliphatic heterocycles. The van der Waals surface area contributed by atoms with Crippen LogP contribution in [0.5, 0.6) is 0 Å². The predicted molar refractivity (Wildman–Crippen MR) is 130 cm³/mol. The molecule has 31 heavy (non-hydrogen) atoms. The molecule has 6 rings (SSSR count). The van der Waals surface area contributed by atoms with Gasteiger partial charge in [-0.2, -0.15) is 0 Å². The van der Waals surface area contributed by atoms with E-state index >= 15 is 0 Å². The van der Waals surface area contributed by atoms with E-state index in [0.29, 0.717) is 5.92 Å². The number of aromatic amines is 1. The van der Waals surface area contributed by atoms with Gasteiger partial charge in [-0.3, -0.25) is 0 Å². The summed E-state index contributed by atoms with van der Waals surface area (Å²) < 4.78 is 0. The topological polar surface area (TPSA) is 56.8 Å². The number of fused-ring (bicyclic) bond motifs is 4. The van der Waals surface area contributed by atoms with Crippen molar-refractivity contribution in [1.29, 1.82) is 0 Å². The summed E-state index contributed by atoms with van der Waals surface area (Å²) in [4.78, 5) is 15.2. The van der Waals surface area contributed by atoms with E-state index in [1.165, 1.54) is 5.56 Å². The summed E-state index contributed by atoms with van der Waals surface area (Å²) in [7, 11) is 0. The van der Waals surface area contributed by atoms with Crippen LogP contribution in [0.25, 0.3) is 33.1 Å². The largest absolute Gasteiger partial charge is 0.348 e. The smallest absolute Gasteiger partial charge is 0.173 e. The van der Waals surface area contributed by atoms with Crippen molar-refractivity contribution in [2.24, 2.45) is 0 Å². The van der Waals surface area contributed by atoms with Gasteiger partial charge in [0.15, 0.2) is 10.8 Å². The Morgan fingerprint density at radius 2 is 1.74 bits per heavy atom. The van der Waals surface area contributed by atoms with Gasteiger partial charge in [-0.25, -0.2) is 9.97 Å². The number of hydrogen-bond donors (Lipinski definition) is 2. The molecule has 1 atom stereocenters. The van der Waals surface area contributed by atoms with Gasteiger partial charge >= 0.3 is 0 Å². The quantitative estimate of drug-likeness (QED) is 0.370. The van der Waals surface area contributed by atoms with E-state index in [-0.39, 0.29) is 0 Å². The van der Waals surface area contributed by atoms with Gasteiger partial charge in [0, 0.05) is 35.6 Å². The lowest BCUT2D eigenvalue weighted by molar-refractivity contribution is 0.518. The molecule has 0 amide bonds. The summed E-state index contributed by atoms with van der Waals surface area (Å²) in [6, 6.07) is 24.9. The van der Waals surface area contributed by atoms with Crippen LogP contribution in [0.2, 0.25) is 0 Å². The molecular weight excluding hydrogens is 402 g/mol. The Morgan fingerprint density at radius 1 is 0.968 bits per heavy atom. The van der Waals surface area contributed by atoms with Crippen LogP contribution in [0.3, 0.4) is 0 Å². The number of benzene rings is 3. The summed E-state index contributed by atoms with van der Waals surface area (Å²) in [6.07, 6.45) is 1.12. The van der Waals surface area contributed by atoms with Gasteiger partial charge in [0.2, 0.25) is 0 Å². The minimum atomic E-state index is 0.528. The SMILES string of the molecule is S=C(Nc1ccc2[nH]c3nc4ccccc4nc3c2c1)N1CC[C@H](c2ccccc2)C1.